The number of hydrogen-bond donors (Lipinski definition) is 2. The number of methoxy groups -OCH3 is 1. The summed E-state index contributed by atoms with van der Waals surface area (Å²) in [6.45, 7) is 1.03. The summed E-state index contributed by atoms with van der Waals surface area (Å²) in [5, 5.41) is 5.05. The van der Waals surface area contributed by atoms with Gasteiger partial charge in [-0.05, 0) is 24.3 Å². The first-order valence-electron chi connectivity index (χ1n) is 6.39. The second-order valence-corrected chi connectivity index (χ2v) is 5.16. The molecule has 21 heavy (non-hydrogen) atoms. The number of anilines is 2. The van der Waals surface area contributed by atoms with Gasteiger partial charge in [-0.15, -0.1) is 11.3 Å². The molecule has 0 aliphatic heterocycles. The lowest BCUT2D eigenvalue weighted by atomic mass is 10.2. The van der Waals surface area contributed by atoms with Crippen LogP contribution < -0.4 is 15.8 Å². The number of benzene rings is 1. The minimum absolute atomic E-state index is 0.131. The SMILES string of the molecule is COCCOc1ccc(NC(=O)Cc2csc(N)n2)cc1. The van der Waals surface area contributed by atoms with Crippen molar-refractivity contribution in [2.45, 2.75) is 6.42 Å². The normalized spacial score (nSPS) is 10.3. The largest absolute Gasteiger partial charge is 0.491 e. The number of amides is 1. The number of nitrogens with one attached hydrogen (secondary N) is 1. The summed E-state index contributed by atoms with van der Waals surface area (Å²) in [6, 6.07) is 7.17. The number of ether oxygens (including phenoxy) is 2. The number of carbonyl (C=O) groups excluding carboxylic acids is 1. The molecular formula is C14H17N3O3S. The van der Waals surface area contributed by atoms with Crippen LogP contribution in [0.3, 0.4) is 0 Å². The third kappa shape index (κ3) is 5.05. The van der Waals surface area contributed by atoms with Crippen molar-refractivity contribution in [2.24, 2.45) is 0 Å². The zero-order valence-electron chi connectivity index (χ0n) is 11.7. The molecule has 1 aromatic heterocycles. The van der Waals surface area contributed by atoms with Gasteiger partial charge in [-0.1, -0.05) is 0 Å². The fraction of sp³-hybridized carbons (Fsp3) is 0.286. The molecule has 112 valence electrons. The van der Waals surface area contributed by atoms with Crippen molar-refractivity contribution in [3.63, 3.8) is 0 Å². The Morgan fingerprint density at radius 3 is 2.71 bits per heavy atom. The van der Waals surface area contributed by atoms with Crippen molar-refractivity contribution in [2.75, 3.05) is 31.4 Å². The van der Waals surface area contributed by atoms with Crippen molar-refractivity contribution in [3.8, 4) is 5.75 Å². The first-order chi connectivity index (χ1) is 10.2. The zero-order chi connectivity index (χ0) is 15.1. The molecule has 1 heterocycles. The maximum atomic E-state index is 11.9. The number of aromatic nitrogens is 1. The standard InChI is InChI=1S/C14H17N3O3S/c1-19-6-7-20-12-4-2-10(3-5-12)16-13(18)8-11-9-21-14(15)17-11/h2-5,9H,6-8H2,1H3,(H2,15,17)(H,16,18). The van der Waals surface area contributed by atoms with E-state index in [0.29, 0.717) is 29.7 Å². The maximum absolute atomic E-state index is 11.9. The summed E-state index contributed by atoms with van der Waals surface area (Å²) in [5.74, 6) is 0.602. The zero-order valence-corrected chi connectivity index (χ0v) is 12.5. The van der Waals surface area contributed by atoms with Crippen LogP contribution in [0.15, 0.2) is 29.6 Å². The lowest BCUT2D eigenvalue weighted by Gasteiger charge is -2.07. The van der Waals surface area contributed by atoms with Crippen molar-refractivity contribution in [1.29, 1.82) is 0 Å². The number of nitrogens with zero attached hydrogens (tertiary/aromatic N) is 1. The third-order valence-electron chi connectivity index (χ3n) is 2.61. The Hall–Kier alpha value is -2.12. The van der Waals surface area contributed by atoms with Crippen LogP contribution in [-0.2, 0) is 16.0 Å². The average molecular weight is 307 g/mol. The quantitative estimate of drug-likeness (QED) is 0.763. The van der Waals surface area contributed by atoms with Gasteiger partial charge in [0, 0.05) is 18.2 Å². The van der Waals surface area contributed by atoms with Crippen LogP contribution in [0, 0.1) is 0 Å². The maximum Gasteiger partial charge on any atom is 0.230 e. The molecule has 1 aromatic carbocycles. The molecule has 0 bridgehead atoms. The van der Waals surface area contributed by atoms with Gasteiger partial charge < -0.3 is 20.5 Å². The van der Waals surface area contributed by atoms with E-state index in [2.05, 4.69) is 10.3 Å². The van der Waals surface area contributed by atoms with Crippen molar-refractivity contribution < 1.29 is 14.3 Å². The molecule has 7 heteroatoms. The fourth-order valence-electron chi connectivity index (χ4n) is 1.65. The number of carbonyl (C=O) groups is 1. The van der Waals surface area contributed by atoms with Crippen LogP contribution in [0.5, 0.6) is 5.75 Å². The molecule has 0 saturated carbocycles. The second-order valence-electron chi connectivity index (χ2n) is 4.27. The summed E-state index contributed by atoms with van der Waals surface area (Å²) >= 11 is 1.32. The Morgan fingerprint density at radius 2 is 2.10 bits per heavy atom. The van der Waals surface area contributed by atoms with E-state index in [1.54, 1.807) is 36.8 Å². The molecule has 0 radical (unpaired) electrons. The fourth-order valence-corrected chi connectivity index (χ4v) is 2.21. The van der Waals surface area contributed by atoms with Crippen molar-refractivity contribution in [1.82, 2.24) is 4.98 Å². The highest BCUT2D eigenvalue weighted by molar-refractivity contribution is 7.13. The highest BCUT2D eigenvalue weighted by Crippen LogP contribution is 2.16. The number of nitrogens with two attached hydrogens (primary N) is 1. The van der Waals surface area contributed by atoms with E-state index in [9.17, 15) is 4.79 Å². The number of thiazole rings is 1. The van der Waals surface area contributed by atoms with E-state index >= 15 is 0 Å². The summed E-state index contributed by atoms with van der Waals surface area (Å²) in [5.41, 5.74) is 6.91. The molecule has 1 amide bonds. The summed E-state index contributed by atoms with van der Waals surface area (Å²) in [7, 11) is 1.62. The van der Waals surface area contributed by atoms with Crippen LogP contribution >= 0.6 is 11.3 Å². The molecular weight excluding hydrogens is 290 g/mol. The summed E-state index contributed by atoms with van der Waals surface area (Å²) < 4.78 is 10.3. The lowest BCUT2D eigenvalue weighted by Crippen LogP contribution is -2.14. The lowest BCUT2D eigenvalue weighted by molar-refractivity contribution is -0.115. The van der Waals surface area contributed by atoms with Gasteiger partial charge in [-0.3, -0.25) is 4.79 Å². The van der Waals surface area contributed by atoms with Crippen molar-refractivity contribution >= 4 is 28.1 Å². The predicted molar refractivity (Wildman–Crippen MR) is 82.7 cm³/mol. The Labute approximate surface area is 126 Å². The van der Waals surface area contributed by atoms with E-state index in [1.165, 1.54) is 11.3 Å². The molecule has 2 aromatic rings. The molecule has 0 aliphatic carbocycles. The van der Waals surface area contributed by atoms with Gasteiger partial charge in [-0.2, -0.15) is 0 Å². The van der Waals surface area contributed by atoms with Gasteiger partial charge in [0.25, 0.3) is 0 Å². The van der Waals surface area contributed by atoms with E-state index < -0.39 is 0 Å². The van der Waals surface area contributed by atoms with Gasteiger partial charge in [0.15, 0.2) is 5.13 Å². The van der Waals surface area contributed by atoms with Crippen LogP contribution in [0.4, 0.5) is 10.8 Å². The highest BCUT2D eigenvalue weighted by Gasteiger charge is 2.07. The molecule has 0 spiro atoms. The van der Waals surface area contributed by atoms with Crippen LogP contribution in [0.2, 0.25) is 0 Å². The van der Waals surface area contributed by atoms with Crippen LogP contribution in [0.1, 0.15) is 5.69 Å². The minimum atomic E-state index is -0.131. The molecule has 0 atom stereocenters. The summed E-state index contributed by atoms with van der Waals surface area (Å²) in [6.07, 6.45) is 0.208. The molecule has 2 rings (SSSR count). The molecule has 0 aliphatic rings. The molecule has 6 nitrogen and oxygen atoms in total. The van der Waals surface area contributed by atoms with Crippen molar-refractivity contribution in [3.05, 3.63) is 35.3 Å². The third-order valence-corrected chi connectivity index (χ3v) is 3.33. The Balaban J connectivity index is 1.83. The van der Waals surface area contributed by atoms with Crippen LogP contribution in [-0.4, -0.2) is 31.2 Å². The second kappa shape index (κ2) is 7.61. The first kappa shape index (κ1) is 15.3. The Bertz CT molecular complexity index is 583. The first-order valence-corrected chi connectivity index (χ1v) is 7.27. The summed E-state index contributed by atoms with van der Waals surface area (Å²) in [4.78, 5) is 15.9. The minimum Gasteiger partial charge on any atom is -0.491 e. The van der Waals surface area contributed by atoms with Gasteiger partial charge in [0.05, 0.1) is 18.7 Å². The highest BCUT2D eigenvalue weighted by atomic mass is 32.1. The number of rotatable bonds is 7. The van der Waals surface area contributed by atoms with Crippen LogP contribution in [0.25, 0.3) is 0 Å². The number of hydrogen-bond acceptors (Lipinski definition) is 6. The van der Waals surface area contributed by atoms with Gasteiger partial charge in [-0.25, -0.2) is 4.98 Å². The Kier molecular flexibility index (Phi) is 5.53. The number of nitrogen functional groups attached to an aromatic ring is 1. The topological polar surface area (TPSA) is 86.5 Å². The smallest absolute Gasteiger partial charge is 0.230 e. The van der Waals surface area contributed by atoms with E-state index in [4.69, 9.17) is 15.2 Å². The van der Waals surface area contributed by atoms with E-state index in [0.717, 1.165) is 5.75 Å². The molecule has 3 N–H and O–H groups in total. The Morgan fingerprint density at radius 1 is 1.33 bits per heavy atom. The monoisotopic (exact) mass is 307 g/mol. The molecule has 0 saturated heterocycles. The molecule has 0 fully saturated rings. The van der Waals surface area contributed by atoms with E-state index in [1.807, 2.05) is 0 Å². The van der Waals surface area contributed by atoms with Gasteiger partial charge in [0.2, 0.25) is 5.91 Å². The van der Waals surface area contributed by atoms with Gasteiger partial charge >= 0.3 is 0 Å². The van der Waals surface area contributed by atoms with E-state index in [-0.39, 0.29) is 12.3 Å². The predicted octanol–water partition coefficient (Wildman–Crippen LogP) is 1.93. The van der Waals surface area contributed by atoms with Gasteiger partial charge in [0.1, 0.15) is 12.4 Å². The molecule has 0 unspecified atom stereocenters. The average Bonchev–Trinajstić information content (AvgIpc) is 2.86.